The van der Waals surface area contributed by atoms with Crippen molar-refractivity contribution in [2.75, 3.05) is 12.3 Å². The lowest BCUT2D eigenvalue weighted by molar-refractivity contribution is 0.980. The fourth-order valence-corrected chi connectivity index (χ4v) is 0.509. The average Bonchev–Trinajstić information content (AvgIpc) is 1.68. The molecule has 0 atom stereocenters. The van der Waals surface area contributed by atoms with Crippen LogP contribution in [0.5, 0.6) is 0 Å². The second-order valence-electron chi connectivity index (χ2n) is 1.11. The number of hydrogen-bond donors (Lipinski definition) is 2. The highest BCUT2D eigenvalue weighted by Gasteiger charge is 1.83. The van der Waals surface area contributed by atoms with Crippen molar-refractivity contribution >= 4 is 29.8 Å². The molecule has 0 unspecified atom stereocenters. The van der Waals surface area contributed by atoms with Crippen molar-refractivity contribution in [3.63, 3.8) is 0 Å². The molecule has 0 aromatic carbocycles. The highest BCUT2D eigenvalue weighted by Crippen LogP contribution is 1.74. The van der Waals surface area contributed by atoms with Gasteiger partial charge in [-0.15, -0.1) is 0 Å². The molecule has 0 saturated carbocycles. The van der Waals surface area contributed by atoms with Gasteiger partial charge in [-0.3, -0.25) is 0 Å². The SMILES string of the molecule is CCNC(=S)CS. The summed E-state index contributed by atoms with van der Waals surface area (Å²) in [6.07, 6.45) is 0. The maximum Gasteiger partial charge on any atom is 0.0851 e. The van der Waals surface area contributed by atoms with Gasteiger partial charge in [0.1, 0.15) is 0 Å². The van der Waals surface area contributed by atoms with E-state index in [9.17, 15) is 0 Å². The smallest absolute Gasteiger partial charge is 0.0851 e. The second kappa shape index (κ2) is 4.40. The molecule has 0 aliphatic carbocycles. The summed E-state index contributed by atoms with van der Waals surface area (Å²) in [6, 6.07) is 0. The van der Waals surface area contributed by atoms with Crippen LogP contribution in [0.25, 0.3) is 0 Å². The quantitative estimate of drug-likeness (QED) is 0.430. The number of rotatable bonds is 2. The standard InChI is InChI=1S/C4H9NS2/c1-2-5-4(7)3-6/h6H,2-3H2,1H3,(H,5,7). The number of hydrogen-bond acceptors (Lipinski definition) is 2. The molecular weight excluding hydrogens is 126 g/mol. The zero-order chi connectivity index (χ0) is 5.70. The predicted octanol–water partition coefficient (Wildman–Crippen LogP) is 0.853. The van der Waals surface area contributed by atoms with E-state index in [1.807, 2.05) is 6.92 Å². The van der Waals surface area contributed by atoms with E-state index < -0.39 is 0 Å². The average molecular weight is 135 g/mol. The van der Waals surface area contributed by atoms with Gasteiger partial charge in [0.15, 0.2) is 0 Å². The summed E-state index contributed by atoms with van der Waals surface area (Å²) in [5.41, 5.74) is 0. The Morgan fingerprint density at radius 3 is 2.57 bits per heavy atom. The molecule has 0 aromatic heterocycles. The minimum absolute atomic E-state index is 0.656. The molecule has 0 spiro atoms. The van der Waals surface area contributed by atoms with Gasteiger partial charge in [-0.2, -0.15) is 12.6 Å². The molecule has 3 heteroatoms. The Hall–Kier alpha value is 0.240. The fourth-order valence-electron chi connectivity index (χ4n) is 0.253. The lowest BCUT2D eigenvalue weighted by Crippen LogP contribution is -2.21. The van der Waals surface area contributed by atoms with Gasteiger partial charge in [0.25, 0.3) is 0 Å². The highest BCUT2D eigenvalue weighted by atomic mass is 32.1. The van der Waals surface area contributed by atoms with Crippen LogP contribution in [-0.4, -0.2) is 17.3 Å². The monoisotopic (exact) mass is 135 g/mol. The van der Waals surface area contributed by atoms with Crippen LogP contribution in [-0.2, 0) is 0 Å². The van der Waals surface area contributed by atoms with Gasteiger partial charge in [0.05, 0.1) is 4.99 Å². The molecule has 0 saturated heterocycles. The molecule has 7 heavy (non-hydrogen) atoms. The lowest BCUT2D eigenvalue weighted by Gasteiger charge is -1.97. The number of nitrogens with one attached hydrogen (secondary N) is 1. The third-order valence-electron chi connectivity index (χ3n) is 0.518. The largest absolute Gasteiger partial charge is 0.379 e. The molecule has 0 heterocycles. The molecule has 0 aliphatic rings. The molecule has 0 radical (unpaired) electrons. The Morgan fingerprint density at radius 1 is 1.86 bits per heavy atom. The van der Waals surface area contributed by atoms with Crippen molar-refractivity contribution in [2.45, 2.75) is 6.92 Å². The van der Waals surface area contributed by atoms with Gasteiger partial charge in [-0.25, -0.2) is 0 Å². The fraction of sp³-hybridized carbons (Fsp3) is 0.750. The minimum atomic E-state index is 0.656. The van der Waals surface area contributed by atoms with Gasteiger partial charge < -0.3 is 5.32 Å². The first kappa shape index (κ1) is 7.24. The number of thiol groups is 1. The third-order valence-corrected chi connectivity index (χ3v) is 1.34. The molecule has 0 bridgehead atoms. The van der Waals surface area contributed by atoms with Gasteiger partial charge in [0.2, 0.25) is 0 Å². The molecule has 0 fully saturated rings. The first-order valence-electron chi connectivity index (χ1n) is 2.18. The van der Waals surface area contributed by atoms with Gasteiger partial charge in [0, 0.05) is 12.3 Å². The molecule has 0 amide bonds. The summed E-state index contributed by atoms with van der Waals surface area (Å²) >= 11 is 8.71. The van der Waals surface area contributed by atoms with E-state index in [0.29, 0.717) is 5.75 Å². The topological polar surface area (TPSA) is 12.0 Å². The lowest BCUT2D eigenvalue weighted by atomic mass is 10.7. The van der Waals surface area contributed by atoms with Gasteiger partial charge >= 0.3 is 0 Å². The van der Waals surface area contributed by atoms with E-state index in [0.717, 1.165) is 11.5 Å². The predicted molar refractivity (Wildman–Crippen MR) is 40.1 cm³/mol. The summed E-state index contributed by atoms with van der Waals surface area (Å²) in [5, 5.41) is 2.95. The zero-order valence-corrected chi connectivity index (χ0v) is 5.98. The van der Waals surface area contributed by atoms with Crippen molar-refractivity contribution in [1.82, 2.24) is 5.32 Å². The molecule has 42 valence electrons. The molecule has 1 nitrogen and oxygen atoms in total. The molecular formula is C4H9NS2. The van der Waals surface area contributed by atoms with E-state index in [2.05, 4.69) is 17.9 Å². The summed E-state index contributed by atoms with van der Waals surface area (Å²) < 4.78 is 0. The first-order chi connectivity index (χ1) is 3.31. The van der Waals surface area contributed by atoms with Crippen molar-refractivity contribution in [1.29, 1.82) is 0 Å². The summed E-state index contributed by atoms with van der Waals surface area (Å²) in [4.78, 5) is 0.825. The Morgan fingerprint density at radius 2 is 2.43 bits per heavy atom. The van der Waals surface area contributed by atoms with Crippen LogP contribution in [0.15, 0.2) is 0 Å². The second-order valence-corrected chi connectivity index (χ2v) is 1.92. The van der Waals surface area contributed by atoms with Crippen molar-refractivity contribution in [3.05, 3.63) is 0 Å². The van der Waals surface area contributed by atoms with Crippen LogP contribution in [0, 0.1) is 0 Å². The van der Waals surface area contributed by atoms with E-state index in [1.165, 1.54) is 0 Å². The Balaban J connectivity index is 3.00. The molecule has 0 rings (SSSR count). The van der Waals surface area contributed by atoms with Crippen LogP contribution in [0.4, 0.5) is 0 Å². The molecule has 0 aliphatic heterocycles. The van der Waals surface area contributed by atoms with Crippen molar-refractivity contribution in [2.24, 2.45) is 0 Å². The molecule has 0 aromatic rings. The van der Waals surface area contributed by atoms with E-state index in [4.69, 9.17) is 12.2 Å². The van der Waals surface area contributed by atoms with Crippen molar-refractivity contribution < 1.29 is 0 Å². The van der Waals surface area contributed by atoms with Crippen LogP contribution < -0.4 is 5.32 Å². The summed E-state index contributed by atoms with van der Waals surface area (Å²) in [5.74, 6) is 0.656. The maximum absolute atomic E-state index is 4.77. The highest BCUT2D eigenvalue weighted by molar-refractivity contribution is 7.86. The van der Waals surface area contributed by atoms with Crippen LogP contribution >= 0.6 is 24.8 Å². The maximum atomic E-state index is 4.77. The zero-order valence-electron chi connectivity index (χ0n) is 4.27. The van der Waals surface area contributed by atoms with E-state index in [-0.39, 0.29) is 0 Å². The normalized spacial score (nSPS) is 8.29. The van der Waals surface area contributed by atoms with Crippen LogP contribution in [0.2, 0.25) is 0 Å². The first-order valence-corrected chi connectivity index (χ1v) is 3.23. The number of thiocarbonyl (C=S) groups is 1. The van der Waals surface area contributed by atoms with Crippen molar-refractivity contribution in [3.8, 4) is 0 Å². The van der Waals surface area contributed by atoms with E-state index in [1.54, 1.807) is 0 Å². The van der Waals surface area contributed by atoms with E-state index >= 15 is 0 Å². The third kappa shape index (κ3) is 4.09. The van der Waals surface area contributed by atoms with Gasteiger partial charge in [-0.05, 0) is 6.92 Å². The minimum Gasteiger partial charge on any atom is -0.379 e. The summed E-state index contributed by atoms with van der Waals surface area (Å²) in [7, 11) is 0. The Bertz CT molecular complexity index is 62.7. The molecule has 1 N–H and O–H groups in total. The van der Waals surface area contributed by atoms with Gasteiger partial charge in [-0.1, -0.05) is 12.2 Å². The van der Waals surface area contributed by atoms with Crippen LogP contribution in [0.1, 0.15) is 6.92 Å². The summed E-state index contributed by atoms with van der Waals surface area (Å²) in [6.45, 7) is 2.91. The van der Waals surface area contributed by atoms with Crippen LogP contribution in [0.3, 0.4) is 0 Å². The Labute approximate surface area is 54.9 Å². The Kier molecular flexibility index (Phi) is 4.55.